The predicted molar refractivity (Wildman–Crippen MR) is 99.1 cm³/mol. The number of sulfonamides is 1. The summed E-state index contributed by atoms with van der Waals surface area (Å²) in [6.45, 7) is 8.15. The number of carbonyl (C=O) groups excluding carboxylic acids is 1. The molecule has 1 fully saturated rings. The van der Waals surface area contributed by atoms with Crippen molar-refractivity contribution in [2.24, 2.45) is 5.92 Å². The van der Waals surface area contributed by atoms with Crippen molar-refractivity contribution in [1.29, 1.82) is 0 Å². The summed E-state index contributed by atoms with van der Waals surface area (Å²) in [5.41, 5.74) is 0. The summed E-state index contributed by atoms with van der Waals surface area (Å²) >= 11 is 5.80. The van der Waals surface area contributed by atoms with E-state index in [1.807, 2.05) is 0 Å². The maximum atomic E-state index is 12.5. The first-order valence-electron chi connectivity index (χ1n) is 8.42. The van der Waals surface area contributed by atoms with Crippen LogP contribution >= 0.6 is 11.6 Å². The van der Waals surface area contributed by atoms with Gasteiger partial charge in [-0.05, 0) is 30.2 Å². The van der Waals surface area contributed by atoms with Crippen molar-refractivity contribution in [3.05, 3.63) is 29.3 Å². The lowest BCUT2D eigenvalue weighted by Gasteiger charge is -2.36. The van der Waals surface area contributed by atoms with E-state index in [-0.39, 0.29) is 17.3 Å². The summed E-state index contributed by atoms with van der Waals surface area (Å²) in [5.74, 6) is 0.433. The molecule has 1 aliphatic rings. The van der Waals surface area contributed by atoms with Crippen LogP contribution in [0.15, 0.2) is 29.2 Å². The van der Waals surface area contributed by atoms with Crippen molar-refractivity contribution in [1.82, 2.24) is 14.1 Å². The molecule has 0 aliphatic carbocycles. The van der Waals surface area contributed by atoms with Crippen molar-refractivity contribution in [2.75, 3.05) is 46.3 Å². The minimum atomic E-state index is -3.70. The van der Waals surface area contributed by atoms with E-state index >= 15 is 0 Å². The van der Waals surface area contributed by atoms with Crippen LogP contribution in [0.2, 0.25) is 5.02 Å². The fourth-order valence-electron chi connectivity index (χ4n) is 2.86. The number of rotatable bonds is 6. The molecule has 0 spiro atoms. The number of amides is 1. The highest BCUT2D eigenvalue weighted by atomic mass is 35.5. The second-order valence-corrected chi connectivity index (χ2v) is 9.27. The number of halogens is 1. The summed E-state index contributed by atoms with van der Waals surface area (Å²) in [7, 11) is -2.27. The monoisotopic (exact) mass is 387 g/mol. The Bertz CT molecular complexity index is 684. The summed E-state index contributed by atoms with van der Waals surface area (Å²) in [5, 5.41) is 0.469. The predicted octanol–water partition coefficient (Wildman–Crippen LogP) is 1.76. The van der Waals surface area contributed by atoms with Crippen LogP contribution in [0.25, 0.3) is 0 Å². The summed E-state index contributed by atoms with van der Waals surface area (Å²) < 4.78 is 26.2. The quantitative estimate of drug-likeness (QED) is 0.746. The molecule has 1 amide bonds. The first-order chi connectivity index (χ1) is 11.7. The summed E-state index contributed by atoms with van der Waals surface area (Å²) in [6.07, 6.45) is 0. The van der Waals surface area contributed by atoms with Crippen molar-refractivity contribution < 1.29 is 13.2 Å². The normalized spacial score (nSPS) is 16.6. The Morgan fingerprint density at radius 2 is 1.72 bits per heavy atom. The van der Waals surface area contributed by atoms with E-state index in [1.165, 1.54) is 31.3 Å². The van der Waals surface area contributed by atoms with E-state index in [1.54, 1.807) is 4.90 Å². The minimum absolute atomic E-state index is 0.133. The molecule has 140 valence electrons. The Morgan fingerprint density at radius 3 is 2.24 bits per heavy atom. The second kappa shape index (κ2) is 8.49. The van der Waals surface area contributed by atoms with Gasteiger partial charge in [-0.1, -0.05) is 25.4 Å². The molecule has 0 unspecified atom stereocenters. The molecule has 0 aromatic heterocycles. The molecule has 1 aromatic carbocycles. The van der Waals surface area contributed by atoms with Gasteiger partial charge in [-0.3, -0.25) is 9.69 Å². The zero-order valence-corrected chi connectivity index (χ0v) is 16.6. The minimum Gasteiger partial charge on any atom is -0.339 e. The maximum absolute atomic E-state index is 12.5. The van der Waals surface area contributed by atoms with Gasteiger partial charge in [0.15, 0.2) is 0 Å². The maximum Gasteiger partial charge on any atom is 0.243 e. The van der Waals surface area contributed by atoms with Crippen LogP contribution in [-0.2, 0) is 14.8 Å². The van der Waals surface area contributed by atoms with Gasteiger partial charge in [0.2, 0.25) is 15.9 Å². The summed E-state index contributed by atoms with van der Waals surface area (Å²) in [4.78, 5) is 16.7. The molecule has 6 nitrogen and oxygen atoms in total. The lowest BCUT2D eigenvalue weighted by molar-refractivity contribution is -0.133. The lowest BCUT2D eigenvalue weighted by atomic mass is 10.2. The van der Waals surface area contributed by atoms with E-state index < -0.39 is 10.0 Å². The SMILES string of the molecule is CC(C)CN1CCN(C(=O)CN(C)S(=O)(=O)c2ccc(Cl)cc2)CC1. The van der Waals surface area contributed by atoms with Crippen LogP contribution in [0.1, 0.15) is 13.8 Å². The molecular weight excluding hydrogens is 362 g/mol. The highest BCUT2D eigenvalue weighted by molar-refractivity contribution is 7.89. The van der Waals surface area contributed by atoms with Gasteiger partial charge in [0.25, 0.3) is 0 Å². The van der Waals surface area contributed by atoms with Crippen molar-refractivity contribution in [2.45, 2.75) is 18.7 Å². The average molecular weight is 388 g/mol. The summed E-state index contributed by atoms with van der Waals surface area (Å²) in [6, 6.07) is 5.95. The molecule has 8 heteroatoms. The van der Waals surface area contributed by atoms with E-state index in [4.69, 9.17) is 11.6 Å². The third-order valence-electron chi connectivity index (χ3n) is 4.23. The van der Waals surface area contributed by atoms with Gasteiger partial charge >= 0.3 is 0 Å². The highest BCUT2D eigenvalue weighted by Gasteiger charge is 2.27. The van der Waals surface area contributed by atoms with Gasteiger partial charge in [0, 0.05) is 44.8 Å². The standard InChI is InChI=1S/C17H26ClN3O3S/c1-14(2)12-20-8-10-21(11-9-20)17(22)13-19(3)25(23,24)16-6-4-15(18)5-7-16/h4-7,14H,8-13H2,1-3H3. The molecule has 25 heavy (non-hydrogen) atoms. The van der Waals surface area contributed by atoms with Crippen molar-refractivity contribution >= 4 is 27.5 Å². The molecule has 0 radical (unpaired) electrons. The highest BCUT2D eigenvalue weighted by Crippen LogP contribution is 2.17. The number of hydrogen-bond donors (Lipinski definition) is 0. The van der Waals surface area contributed by atoms with Gasteiger partial charge < -0.3 is 4.90 Å². The first kappa shape index (κ1) is 20.2. The number of nitrogens with zero attached hydrogens (tertiary/aromatic N) is 3. The van der Waals surface area contributed by atoms with Gasteiger partial charge in [0.05, 0.1) is 11.4 Å². The Kier molecular flexibility index (Phi) is 6.85. The third-order valence-corrected chi connectivity index (χ3v) is 6.30. The van der Waals surface area contributed by atoms with E-state index in [9.17, 15) is 13.2 Å². The Hall–Kier alpha value is -1.15. The molecule has 1 aliphatic heterocycles. The zero-order valence-electron chi connectivity index (χ0n) is 15.0. The Labute approximate surface area is 155 Å². The molecule has 1 aromatic rings. The number of benzene rings is 1. The zero-order chi connectivity index (χ0) is 18.6. The molecular formula is C17H26ClN3O3S. The average Bonchev–Trinajstić information content (AvgIpc) is 2.55. The van der Waals surface area contributed by atoms with Gasteiger partial charge in [-0.25, -0.2) is 8.42 Å². The Morgan fingerprint density at radius 1 is 1.16 bits per heavy atom. The topological polar surface area (TPSA) is 60.9 Å². The van der Waals surface area contributed by atoms with Crippen LogP contribution in [0.5, 0.6) is 0 Å². The fourth-order valence-corrected chi connectivity index (χ4v) is 4.10. The van der Waals surface area contributed by atoms with Crippen molar-refractivity contribution in [3.63, 3.8) is 0 Å². The number of carbonyl (C=O) groups is 1. The van der Waals surface area contributed by atoms with Crippen LogP contribution in [0, 0.1) is 5.92 Å². The molecule has 0 saturated carbocycles. The Balaban J connectivity index is 1.93. The smallest absolute Gasteiger partial charge is 0.243 e. The first-order valence-corrected chi connectivity index (χ1v) is 10.2. The number of piperazine rings is 1. The molecule has 2 rings (SSSR count). The van der Waals surface area contributed by atoms with Crippen LogP contribution < -0.4 is 0 Å². The van der Waals surface area contributed by atoms with Crippen molar-refractivity contribution in [3.8, 4) is 0 Å². The van der Waals surface area contributed by atoms with Gasteiger partial charge in [-0.15, -0.1) is 0 Å². The van der Waals surface area contributed by atoms with Crippen LogP contribution in [0.4, 0.5) is 0 Å². The van der Waals surface area contributed by atoms with Crippen LogP contribution in [-0.4, -0.2) is 74.7 Å². The molecule has 0 bridgehead atoms. The lowest BCUT2D eigenvalue weighted by Crippen LogP contribution is -2.51. The largest absolute Gasteiger partial charge is 0.339 e. The van der Waals surface area contributed by atoms with E-state index in [2.05, 4.69) is 18.7 Å². The molecule has 0 N–H and O–H groups in total. The van der Waals surface area contributed by atoms with Gasteiger partial charge in [0.1, 0.15) is 0 Å². The fraction of sp³-hybridized carbons (Fsp3) is 0.588. The van der Waals surface area contributed by atoms with Crippen LogP contribution in [0.3, 0.4) is 0 Å². The number of hydrogen-bond acceptors (Lipinski definition) is 4. The molecule has 0 atom stereocenters. The van der Waals surface area contributed by atoms with E-state index in [0.717, 1.165) is 23.9 Å². The number of likely N-dealkylation sites (N-methyl/N-ethyl adjacent to an activating group) is 1. The third kappa shape index (κ3) is 5.41. The second-order valence-electron chi connectivity index (χ2n) is 6.79. The molecule has 1 heterocycles. The molecule has 1 saturated heterocycles. The van der Waals surface area contributed by atoms with E-state index in [0.29, 0.717) is 24.0 Å². The van der Waals surface area contributed by atoms with Gasteiger partial charge in [-0.2, -0.15) is 4.31 Å².